The third kappa shape index (κ3) is 14.7. The quantitative estimate of drug-likeness (QED) is 0.602. The monoisotopic (exact) mass is 392 g/mol. The third-order valence-corrected chi connectivity index (χ3v) is 0.729. The summed E-state index contributed by atoms with van der Waals surface area (Å²) in [4.78, 5) is 0. The van der Waals surface area contributed by atoms with Crippen molar-refractivity contribution in [1.29, 1.82) is 0 Å². The summed E-state index contributed by atoms with van der Waals surface area (Å²) in [6.07, 6.45) is 0. The minimum absolute atomic E-state index is 0. The Balaban J connectivity index is -0.000000107. The summed E-state index contributed by atoms with van der Waals surface area (Å²) in [6.45, 7) is 7.10. The molecule has 12 heavy (non-hydrogen) atoms. The molecule has 3 radical (unpaired) electrons. The van der Waals surface area contributed by atoms with Gasteiger partial charge in [0.25, 0.3) is 0 Å². The van der Waals surface area contributed by atoms with E-state index < -0.39 is 0 Å². The van der Waals surface area contributed by atoms with E-state index in [-0.39, 0.29) is 98.1 Å². The van der Waals surface area contributed by atoms with E-state index in [1.54, 1.807) is 0 Å². The second-order valence-corrected chi connectivity index (χ2v) is 1.44. The van der Waals surface area contributed by atoms with E-state index in [1.165, 1.54) is 0 Å². The molecule has 0 atom stereocenters. The molecule has 0 aromatic carbocycles. The van der Waals surface area contributed by atoms with Gasteiger partial charge in [-0.25, -0.2) is 0 Å². The van der Waals surface area contributed by atoms with E-state index in [0.717, 1.165) is 0 Å². The van der Waals surface area contributed by atoms with Crippen molar-refractivity contribution >= 4 is 0 Å². The normalized spacial score (nSPS) is 5.83. The Hall–Kier alpha value is 2.19. The first kappa shape index (κ1) is 23.8. The van der Waals surface area contributed by atoms with Crippen LogP contribution in [0.5, 0.6) is 0 Å². The fourth-order valence-corrected chi connectivity index (χ4v) is 0.271. The van der Waals surface area contributed by atoms with Crippen molar-refractivity contribution in [1.82, 2.24) is 16.0 Å². The smallest absolute Gasteiger partial charge is 0.0667 e. The summed E-state index contributed by atoms with van der Waals surface area (Å²) in [6, 6.07) is 0. The zero-order chi connectivity index (χ0) is 7.28. The minimum atomic E-state index is 0. The van der Waals surface area contributed by atoms with Crippen LogP contribution >= 0.6 is 0 Å². The summed E-state index contributed by atoms with van der Waals surface area (Å²) < 4.78 is 0. The molecule has 0 amide bonds. The minimum Gasteiger partial charge on any atom is -0.525 e. The molecule has 0 unspecified atom stereocenters. The van der Waals surface area contributed by atoms with E-state index >= 15 is 0 Å². The standard InChI is InChI=1S/C6H11N3.3Y/c1-5(7-3)9-6(2)8-4;;;/h7-9H,1-4H2;;;/q-2;;;. The van der Waals surface area contributed by atoms with Crippen LogP contribution in [0, 0.1) is 14.1 Å². The summed E-state index contributed by atoms with van der Waals surface area (Å²) in [5.41, 5.74) is 0. The van der Waals surface area contributed by atoms with Gasteiger partial charge in [0.2, 0.25) is 0 Å². The Labute approximate surface area is 150 Å². The van der Waals surface area contributed by atoms with Crippen LogP contribution in [0.4, 0.5) is 0 Å². The van der Waals surface area contributed by atoms with Gasteiger partial charge in [-0.05, 0) is 0 Å². The zero-order valence-electron chi connectivity index (χ0n) is 7.06. The van der Waals surface area contributed by atoms with Crippen LogP contribution in [0.2, 0.25) is 0 Å². The van der Waals surface area contributed by atoms with Gasteiger partial charge in [0.05, 0.1) is 11.6 Å². The number of hydrogen-bond donors (Lipinski definition) is 3. The van der Waals surface area contributed by atoms with Gasteiger partial charge in [-0.3, -0.25) is 14.1 Å². The molecule has 0 rings (SSSR count). The molecule has 0 fully saturated rings. The molecular weight excluding hydrogens is 381 g/mol. The van der Waals surface area contributed by atoms with E-state index in [4.69, 9.17) is 0 Å². The van der Waals surface area contributed by atoms with E-state index in [9.17, 15) is 0 Å². The Bertz CT molecular complexity index is 113. The average Bonchev–Trinajstić information content (AvgIpc) is 1.87. The van der Waals surface area contributed by atoms with Crippen LogP contribution < -0.4 is 16.0 Å². The second-order valence-electron chi connectivity index (χ2n) is 1.44. The average molecular weight is 392 g/mol. The van der Waals surface area contributed by atoms with Crippen molar-refractivity contribution in [2.24, 2.45) is 0 Å². The molecule has 0 aliphatic heterocycles. The predicted octanol–water partition coefficient (Wildman–Crippen LogP) is 0.273. The zero-order valence-corrected chi connectivity index (χ0v) is 15.6. The fourth-order valence-electron chi connectivity index (χ4n) is 0.271. The summed E-state index contributed by atoms with van der Waals surface area (Å²) in [5.74, 6) is 1.16. The molecule has 61 valence electrons. The number of hydrogen-bond acceptors (Lipinski definition) is 3. The molecular formula is C6H11N3Y3-2. The van der Waals surface area contributed by atoms with Crippen molar-refractivity contribution in [3.63, 3.8) is 0 Å². The van der Waals surface area contributed by atoms with Crippen LogP contribution in [0.1, 0.15) is 0 Å². The van der Waals surface area contributed by atoms with E-state index in [0.29, 0.717) is 11.6 Å². The molecule has 0 aromatic heterocycles. The van der Waals surface area contributed by atoms with Gasteiger partial charge >= 0.3 is 0 Å². The molecule has 0 saturated heterocycles. The van der Waals surface area contributed by atoms with Crippen LogP contribution in [0.3, 0.4) is 0 Å². The van der Waals surface area contributed by atoms with E-state index in [1.807, 2.05) is 0 Å². The van der Waals surface area contributed by atoms with Crippen molar-refractivity contribution in [3.05, 3.63) is 38.9 Å². The first-order valence-electron chi connectivity index (χ1n) is 2.41. The molecule has 0 aliphatic rings. The van der Waals surface area contributed by atoms with Gasteiger partial charge < -0.3 is 16.0 Å². The van der Waals surface area contributed by atoms with Gasteiger partial charge in [0.15, 0.2) is 0 Å². The number of nitrogens with one attached hydrogen (secondary N) is 3. The molecule has 3 N–H and O–H groups in total. The molecule has 0 aliphatic carbocycles. The van der Waals surface area contributed by atoms with Gasteiger partial charge in [0, 0.05) is 98.1 Å². The maximum absolute atomic E-state index is 3.55. The molecule has 0 aromatic rings. The maximum Gasteiger partial charge on any atom is 0.0667 e. The van der Waals surface area contributed by atoms with Crippen LogP contribution in [-0.4, -0.2) is 0 Å². The summed E-state index contributed by atoms with van der Waals surface area (Å²) in [5, 5.41) is 7.83. The first-order valence-corrected chi connectivity index (χ1v) is 2.41. The topological polar surface area (TPSA) is 36.1 Å². The molecule has 0 saturated carbocycles. The Morgan fingerprint density at radius 2 is 1.08 bits per heavy atom. The molecule has 0 bridgehead atoms. The van der Waals surface area contributed by atoms with Gasteiger partial charge in [-0.15, -0.1) is 0 Å². The van der Waals surface area contributed by atoms with E-state index in [2.05, 4.69) is 43.2 Å². The van der Waals surface area contributed by atoms with Gasteiger partial charge in [0.1, 0.15) is 0 Å². The number of rotatable bonds is 4. The molecule has 0 heterocycles. The molecule has 0 spiro atoms. The van der Waals surface area contributed by atoms with Crippen molar-refractivity contribution in [2.45, 2.75) is 0 Å². The van der Waals surface area contributed by atoms with Crippen molar-refractivity contribution in [3.8, 4) is 0 Å². The predicted molar refractivity (Wildman–Crippen MR) is 38.4 cm³/mol. The largest absolute Gasteiger partial charge is 0.525 e. The fraction of sp³-hybridized carbons (Fsp3) is 0. The Morgan fingerprint density at radius 3 is 1.25 bits per heavy atom. The van der Waals surface area contributed by atoms with Gasteiger partial charge in [-0.2, -0.15) is 0 Å². The Kier molecular flexibility index (Phi) is 31.0. The van der Waals surface area contributed by atoms with Crippen LogP contribution in [0.15, 0.2) is 24.8 Å². The first-order chi connectivity index (χ1) is 4.20. The van der Waals surface area contributed by atoms with Crippen LogP contribution in [-0.2, 0) is 98.1 Å². The van der Waals surface area contributed by atoms with Crippen LogP contribution in [0.25, 0.3) is 0 Å². The SMILES string of the molecule is C=C(N[CH2-])NC(=C)N[CH2-].[Y].[Y].[Y]. The Morgan fingerprint density at radius 1 is 0.833 bits per heavy atom. The molecule has 6 heteroatoms. The summed E-state index contributed by atoms with van der Waals surface area (Å²) >= 11 is 0. The van der Waals surface area contributed by atoms with Gasteiger partial charge in [-0.1, -0.05) is 13.2 Å². The van der Waals surface area contributed by atoms with Crippen molar-refractivity contribution in [2.75, 3.05) is 0 Å². The summed E-state index contributed by atoms with van der Waals surface area (Å²) in [7, 11) is 6.74. The van der Waals surface area contributed by atoms with Crippen molar-refractivity contribution < 1.29 is 98.1 Å². The second kappa shape index (κ2) is 15.7. The third-order valence-electron chi connectivity index (χ3n) is 0.729. The molecule has 3 nitrogen and oxygen atoms in total. The maximum atomic E-state index is 3.55.